The lowest BCUT2D eigenvalue weighted by molar-refractivity contribution is 1.23. The van der Waals surface area contributed by atoms with E-state index in [1.54, 1.807) is 0 Å². The molecule has 0 saturated carbocycles. The first-order chi connectivity index (χ1) is 52.6. The van der Waals surface area contributed by atoms with E-state index >= 15 is 0 Å². The molecule has 17 aromatic carbocycles. The van der Waals surface area contributed by atoms with Gasteiger partial charge in [-0.3, -0.25) is 0 Å². The molecule has 0 radical (unpaired) electrons. The quantitative estimate of drug-likeness (QED) is 0.0947. The fraction of sp³-hybridized carbons (Fsp3) is 0. The summed E-state index contributed by atoms with van der Waals surface area (Å²) in [6.45, 7) is -0.262. The molecule has 106 heavy (non-hydrogen) atoms. The fourth-order valence-electron chi connectivity index (χ4n) is 16.3. The van der Waals surface area contributed by atoms with Crippen molar-refractivity contribution in [3.63, 3.8) is 0 Å². The summed E-state index contributed by atoms with van der Waals surface area (Å²) in [6.07, 6.45) is 0. The lowest BCUT2D eigenvalue weighted by atomic mass is 9.33. The van der Waals surface area contributed by atoms with E-state index in [1.165, 1.54) is 94.3 Å². The van der Waals surface area contributed by atoms with Crippen LogP contribution in [0.15, 0.2) is 425 Å². The number of hydrogen-bond donors (Lipinski definition) is 0. The predicted molar refractivity (Wildman–Crippen MR) is 450 cm³/mol. The Morgan fingerprint density at radius 1 is 0.170 bits per heavy atom. The van der Waals surface area contributed by atoms with Crippen LogP contribution in [0.5, 0.6) is 0 Å². The van der Waals surface area contributed by atoms with E-state index in [1.807, 2.05) is 0 Å². The third kappa shape index (κ3) is 11.7. The van der Waals surface area contributed by atoms with Gasteiger partial charge >= 0.3 is 0 Å². The van der Waals surface area contributed by atoms with Crippen LogP contribution in [0.3, 0.4) is 0 Å². The van der Waals surface area contributed by atoms with Crippen molar-refractivity contribution in [2.45, 2.75) is 0 Å². The Bertz CT molecular complexity index is 5660. The van der Waals surface area contributed by atoms with Gasteiger partial charge in [0.15, 0.2) is 0 Å². The molecule has 0 saturated heterocycles. The maximum Gasteiger partial charge on any atom is 0.252 e. The van der Waals surface area contributed by atoms with E-state index in [0.717, 1.165) is 84.6 Å². The third-order valence-electron chi connectivity index (χ3n) is 21.3. The third-order valence-corrected chi connectivity index (χ3v) is 21.3. The Balaban J connectivity index is 0.896. The number of fused-ring (bicyclic) bond motifs is 4. The van der Waals surface area contributed by atoms with Crippen LogP contribution in [0.2, 0.25) is 0 Å². The summed E-state index contributed by atoms with van der Waals surface area (Å²) in [5.41, 5.74) is 36.6. The van der Waals surface area contributed by atoms with Crippen molar-refractivity contribution >= 4 is 74.3 Å². The average molecular weight is 1350 g/mol. The zero-order chi connectivity index (χ0) is 70.3. The molecule has 0 fully saturated rings. The van der Waals surface area contributed by atoms with Crippen LogP contribution < -0.4 is 31.1 Å². The van der Waals surface area contributed by atoms with Crippen molar-refractivity contribution in [1.29, 1.82) is 0 Å². The van der Waals surface area contributed by atoms with Crippen LogP contribution in [0.25, 0.3) is 111 Å². The highest BCUT2D eigenvalue weighted by Crippen LogP contribution is 2.51. The van der Waals surface area contributed by atoms with Crippen molar-refractivity contribution in [3.05, 3.63) is 425 Å². The molecule has 17 aromatic rings. The molecule has 4 heteroatoms. The lowest BCUT2D eigenvalue weighted by Gasteiger charge is -2.45. The van der Waals surface area contributed by atoms with Crippen LogP contribution in [-0.2, 0) is 0 Å². The molecule has 2 aliphatic heterocycles. The smallest absolute Gasteiger partial charge is 0.252 e. The molecule has 2 heterocycles. The van der Waals surface area contributed by atoms with Gasteiger partial charge in [0.2, 0.25) is 0 Å². The first-order valence-corrected chi connectivity index (χ1v) is 36.6. The second-order valence-electron chi connectivity index (χ2n) is 27.5. The van der Waals surface area contributed by atoms with Crippen LogP contribution in [0.4, 0.5) is 51.2 Å². The summed E-state index contributed by atoms with van der Waals surface area (Å²) >= 11 is 0. The van der Waals surface area contributed by atoms with E-state index in [2.05, 4.69) is 439 Å². The first-order valence-electron chi connectivity index (χ1n) is 36.6. The van der Waals surface area contributed by atoms with Crippen molar-refractivity contribution in [1.82, 2.24) is 0 Å². The summed E-state index contributed by atoms with van der Waals surface area (Å²) in [7, 11) is 0. The van der Waals surface area contributed by atoms with Crippen molar-refractivity contribution < 1.29 is 0 Å². The zero-order valence-electron chi connectivity index (χ0n) is 58.3. The molecule has 0 bridgehead atoms. The van der Waals surface area contributed by atoms with E-state index in [0.29, 0.717) is 0 Å². The second kappa shape index (κ2) is 27.5. The molecule has 496 valence electrons. The minimum Gasteiger partial charge on any atom is -0.311 e. The molecule has 0 spiro atoms. The van der Waals surface area contributed by atoms with E-state index in [9.17, 15) is 0 Å². The zero-order valence-corrected chi connectivity index (χ0v) is 58.3. The summed E-state index contributed by atoms with van der Waals surface area (Å²) in [5, 5.41) is 0. The normalized spacial score (nSPS) is 11.9. The van der Waals surface area contributed by atoms with Gasteiger partial charge < -0.3 is 14.7 Å². The lowest BCUT2D eigenvalue weighted by Crippen LogP contribution is -2.61. The van der Waals surface area contributed by atoms with Gasteiger partial charge in [0, 0.05) is 45.5 Å². The van der Waals surface area contributed by atoms with Crippen LogP contribution >= 0.6 is 0 Å². The molecular formula is C102H70BN3. The Morgan fingerprint density at radius 3 is 0.689 bits per heavy atom. The molecule has 0 aliphatic carbocycles. The second-order valence-corrected chi connectivity index (χ2v) is 27.5. The molecule has 0 aromatic heterocycles. The highest BCUT2D eigenvalue weighted by atomic mass is 15.2. The van der Waals surface area contributed by atoms with Crippen molar-refractivity contribution in [3.8, 4) is 111 Å². The molecule has 19 rings (SSSR count). The van der Waals surface area contributed by atoms with E-state index in [4.69, 9.17) is 0 Å². The predicted octanol–water partition coefficient (Wildman–Crippen LogP) is 25.9. The monoisotopic (exact) mass is 1350 g/mol. The van der Waals surface area contributed by atoms with Gasteiger partial charge in [0.1, 0.15) is 0 Å². The fourth-order valence-corrected chi connectivity index (χ4v) is 16.3. The number of anilines is 9. The Labute approximate surface area is 620 Å². The number of benzene rings is 17. The van der Waals surface area contributed by atoms with Gasteiger partial charge in [-0.25, -0.2) is 0 Å². The maximum absolute atomic E-state index is 2.57. The van der Waals surface area contributed by atoms with Gasteiger partial charge in [0.05, 0.1) is 5.69 Å². The summed E-state index contributed by atoms with van der Waals surface area (Å²) < 4.78 is 0. The summed E-state index contributed by atoms with van der Waals surface area (Å²) in [4.78, 5) is 7.62. The Hall–Kier alpha value is -13.8. The largest absolute Gasteiger partial charge is 0.311 e. The van der Waals surface area contributed by atoms with Gasteiger partial charge in [-0.15, -0.1) is 0 Å². The summed E-state index contributed by atoms with van der Waals surface area (Å²) in [6, 6.07) is 157. The first kappa shape index (κ1) is 63.2. The standard InChI is InChI=1S/C102H70BN3/c1-7-27-71(28-8-1)73-47-57-83(58-48-73)104(84-59-49-74(50-60-84)72-29-9-2-10-30-72)87-69-100-102-101(70-87)106(86-63-53-80(54-64-86)93-44-22-20-40-89(93)76-33-13-4-14-34-76)99-66-56-82(95-46-26-24-42-91(95)78-37-17-6-18-38-78)68-97(99)103(102)96-67-81(94-45-25-23-41-90(94)77-35-15-5-16-36-77)55-65-98(96)105(100)85-61-51-79(52-62-85)92-43-21-19-39-88(92)75-31-11-3-12-32-75/h1-70H. The average Bonchev–Trinajstić information content (AvgIpc) is 0.692. The summed E-state index contributed by atoms with van der Waals surface area (Å²) in [5.74, 6) is 0. The van der Waals surface area contributed by atoms with Gasteiger partial charge in [-0.1, -0.05) is 352 Å². The molecule has 0 amide bonds. The highest BCUT2D eigenvalue weighted by molar-refractivity contribution is 7.00. The van der Waals surface area contributed by atoms with Crippen LogP contribution in [-0.4, -0.2) is 6.71 Å². The van der Waals surface area contributed by atoms with Crippen LogP contribution in [0, 0.1) is 0 Å². The number of hydrogen-bond acceptors (Lipinski definition) is 3. The Morgan fingerprint density at radius 2 is 0.396 bits per heavy atom. The van der Waals surface area contributed by atoms with Crippen LogP contribution in [0.1, 0.15) is 0 Å². The molecule has 0 atom stereocenters. The van der Waals surface area contributed by atoms with E-state index < -0.39 is 0 Å². The topological polar surface area (TPSA) is 9.72 Å². The molecule has 0 N–H and O–H groups in total. The van der Waals surface area contributed by atoms with Crippen molar-refractivity contribution in [2.24, 2.45) is 0 Å². The molecule has 3 nitrogen and oxygen atoms in total. The minimum atomic E-state index is -0.262. The van der Waals surface area contributed by atoms with Gasteiger partial charge in [-0.2, -0.15) is 0 Å². The number of nitrogens with zero attached hydrogens (tertiary/aromatic N) is 3. The molecule has 0 unspecified atom stereocenters. The molecule has 2 aliphatic rings. The van der Waals surface area contributed by atoms with Gasteiger partial charge in [-0.05, 0) is 200 Å². The SMILES string of the molecule is c1ccc(-c2ccc(N(c3ccc(-c4ccccc4)cc3)c3cc4c5c(c3)N(c3ccc(-c6ccccc6-c6ccccc6)cc3)c3ccc(-c6ccccc6-c6ccccc6)cc3B5c3cc(-c5ccccc5-c5ccccc5)ccc3N4c3ccc(-c4ccccc4-c4ccccc4)cc3)cc2)cc1. The molecular weight excluding hydrogens is 1280 g/mol. The van der Waals surface area contributed by atoms with E-state index in [-0.39, 0.29) is 6.71 Å². The Kier molecular flexibility index (Phi) is 16.4. The maximum atomic E-state index is 2.57. The van der Waals surface area contributed by atoms with Crippen molar-refractivity contribution in [2.75, 3.05) is 14.7 Å². The highest BCUT2D eigenvalue weighted by Gasteiger charge is 2.45. The van der Waals surface area contributed by atoms with Gasteiger partial charge in [0.25, 0.3) is 6.71 Å². The number of rotatable bonds is 15. The minimum absolute atomic E-state index is 0.262.